The van der Waals surface area contributed by atoms with Crippen molar-refractivity contribution in [2.45, 2.75) is 32.8 Å². The van der Waals surface area contributed by atoms with Crippen LogP contribution in [0.5, 0.6) is 0 Å². The number of amides is 2. The van der Waals surface area contributed by atoms with Crippen LogP contribution in [0.4, 0.5) is 0 Å². The number of primary amides is 1. The van der Waals surface area contributed by atoms with Crippen LogP contribution < -0.4 is 5.73 Å². The molecule has 1 aliphatic heterocycles. The van der Waals surface area contributed by atoms with E-state index < -0.39 is 12.0 Å². The first-order valence-corrected chi connectivity index (χ1v) is 6.54. The Bertz CT molecular complexity index is 506. The minimum atomic E-state index is -0.732. The maximum absolute atomic E-state index is 12.5. The predicted molar refractivity (Wildman–Crippen MR) is 69.9 cm³/mol. The summed E-state index contributed by atoms with van der Waals surface area (Å²) >= 11 is 0. The number of aromatic nitrogens is 1. The topological polar surface area (TPSA) is 98.7 Å². The molecule has 1 aromatic rings. The van der Waals surface area contributed by atoms with Crippen LogP contribution >= 0.6 is 0 Å². The zero-order chi connectivity index (χ0) is 14.9. The van der Waals surface area contributed by atoms with Crippen molar-refractivity contribution in [1.29, 1.82) is 0 Å². The number of hydrogen-bond donors (Lipinski definition) is 1. The van der Waals surface area contributed by atoms with E-state index in [1.807, 2.05) is 6.92 Å². The number of ether oxygens (including phenoxy) is 1. The van der Waals surface area contributed by atoms with Crippen molar-refractivity contribution < 1.29 is 18.8 Å². The molecule has 2 unspecified atom stereocenters. The third-order valence-corrected chi connectivity index (χ3v) is 3.59. The van der Waals surface area contributed by atoms with Gasteiger partial charge < -0.3 is 19.9 Å². The van der Waals surface area contributed by atoms with Gasteiger partial charge in [-0.25, -0.2) is 0 Å². The molecule has 2 N–H and O–H groups in total. The Balaban J connectivity index is 2.13. The Morgan fingerprint density at radius 2 is 2.15 bits per heavy atom. The lowest BCUT2D eigenvalue weighted by molar-refractivity contribution is -0.146. The number of carbonyl (C=O) groups excluding carboxylic acids is 2. The summed E-state index contributed by atoms with van der Waals surface area (Å²) in [6.45, 7) is 6.36. The first kappa shape index (κ1) is 14.5. The van der Waals surface area contributed by atoms with E-state index in [-0.39, 0.29) is 18.4 Å². The van der Waals surface area contributed by atoms with E-state index in [1.54, 1.807) is 18.7 Å². The molecule has 0 radical (unpaired) electrons. The van der Waals surface area contributed by atoms with Gasteiger partial charge in [0.25, 0.3) is 0 Å². The highest BCUT2D eigenvalue weighted by Gasteiger charge is 2.32. The molecule has 0 aliphatic carbocycles. The summed E-state index contributed by atoms with van der Waals surface area (Å²) in [4.78, 5) is 25.3. The standard InChI is InChI=1S/C13H19N3O4/c1-7(11-8(2)15-20-9(11)3)13(18)16-4-5-19-10(6-16)12(14)17/h7,10H,4-6H2,1-3H3,(H2,14,17). The summed E-state index contributed by atoms with van der Waals surface area (Å²) in [5.74, 6) is -0.350. The molecule has 7 nitrogen and oxygen atoms in total. The van der Waals surface area contributed by atoms with Crippen molar-refractivity contribution in [2.24, 2.45) is 5.73 Å². The smallest absolute Gasteiger partial charge is 0.248 e. The molecule has 1 saturated heterocycles. The second kappa shape index (κ2) is 5.62. The van der Waals surface area contributed by atoms with E-state index in [4.69, 9.17) is 15.0 Å². The number of nitrogens with zero attached hydrogens (tertiary/aromatic N) is 2. The van der Waals surface area contributed by atoms with E-state index >= 15 is 0 Å². The van der Waals surface area contributed by atoms with Gasteiger partial charge in [0.1, 0.15) is 5.76 Å². The molecule has 2 amide bonds. The molecule has 0 aromatic carbocycles. The largest absolute Gasteiger partial charge is 0.367 e. The quantitative estimate of drug-likeness (QED) is 0.847. The lowest BCUT2D eigenvalue weighted by Gasteiger charge is -2.33. The Labute approximate surface area is 117 Å². The van der Waals surface area contributed by atoms with Crippen LogP contribution in [0.25, 0.3) is 0 Å². The van der Waals surface area contributed by atoms with Gasteiger partial charge in [0, 0.05) is 12.1 Å². The molecule has 110 valence electrons. The number of nitrogens with two attached hydrogens (primary N) is 1. The molecule has 1 fully saturated rings. The van der Waals surface area contributed by atoms with Crippen molar-refractivity contribution in [3.63, 3.8) is 0 Å². The molecule has 0 bridgehead atoms. The fourth-order valence-corrected chi connectivity index (χ4v) is 2.53. The molecule has 1 aliphatic rings. The number of morpholine rings is 1. The highest BCUT2D eigenvalue weighted by atomic mass is 16.5. The van der Waals surface area contributed by atoms with E-state index in [2.05, 4.69) is 5.16 Å². The van der Waals surface area contributed by atoms with E-state index in [0.717, 1.165) is 5.56 Å². The summed E-state index contributed by atoms with van der Waals surface area (Å²) in [6, 6.07) is 0. The molecule has 2 atom stereocenters. The SMILES string of the molecule is Cc1noc(C)c1C(C)C(=O)N1CCOC(C(N)=O)C1. The predicted octanol–water partition coefficient (Wildman–Crippen LogP) is 0.108. The van der Waals surface area contributed by atoms with Crippen molar-refractivity contribution >= 4 is 11.8 Å². The van der Waals surface area contributed by atoms with E-state index in [0.29, 0.717) is 24.6 Å². The van der Waals surface area contributed by atoms with Gasteiger partial charge >= 0.3 is 0 Å². The number of carbonyl (C=O) groups is 2. The summed E-state index contributed by atoms with van der Waals surface area (Å²) < 4.78 is 10.3. The van der Waals surface area contributed by atoms with Crippen LogP contribution in [0.15, 0.2) is 4.52 Å². The van der Waals surface area contributed by atoms with Gasteiger partial charge in [-0.3, -0.25) is 9.59 Å². The monoisotopic (exact) mass is 281 g/mol. The molecule has 0 spiro atoms. The Morgan fingerprint density at radius 1 is 1.45 bits per heavy atom. The normalized spacial score (nSPS) is 20.8. The Hall–Kier alpha value is -1.89. The van der Waals surface area contributed by atoms with Gasteiger partial charge in [-0.2, -0.15) is 0 Å². The zero-order valence-electron chi connectivity index (χ0n) is 11.9. The summed E-state index contributed by atoms with van der Waals surface area (Å²) in [5.41, 5.74) is 6.74. The van der Waals surface area contributed by atoms with Gasteiger partial charge in [-0.1, -0.05) is 5.16 Å². The maximum atomic E-state index is 12.5. The zero-order valence-corrected chi connectivity index (χ0v) is 11.9. The molecule has 2 heterocycles. The van der Waals surface area contributed by atoms with Crippen molar-refractivity contribution in [3.05, 3.63) is 17.0 Å². The minimum absolute atomic E-state index is 0.0750. The third-order valence-electron chi connectivity index (χ3n) is 3.59. The molecular weight excluding hydrogens is 262 g/mol. The minimum Gasteiger partial charge on any atom is -0.367 e. The summed E-state index contributed by atoms with van der Waals surface area (Å²) in [5, 5.41) is 3.86. The lowest BCUT2D eigenvalue weighted by Crippen LogP contribution is -2.51. The van der Waals surface area contributed by atoms with E-state index in [1.165, 1.54) is 0 Å². The van der Waals surface area contributed by atoms with Gasteiger partial charge in [0.2, 0.25) is 11.8 Å². The average Bonchev–Trinajstić information content (AvgIpc) is 2.76. The van der Waals surface area contributed by atoms with Gasteiger partial charge in [0.15, 0.2) is 6.10 Å². The third kappa shape index (κ3) is 2.67. The highest BCUT2D eigenvalue weighted by Crippen LogP contribution is 2.25. The molecule has 2 rings (SSSR count). The van der Waals surface area contributed by atoms with Crippen LogP contribution in [-0.2, 0) is 14.3 Å². The summed E-state index contributed by atoms with van der Waals surface area (Å²) in [6.07, 6.45) is -0.732. The highest BCUT2D eigenvalue weighted by molar-refractivity contribution is 5.85. The van der Waals surface area contributed by atoms with Crippen molar-refractivity contribution in [1.82, 2.24) is 10.1 Å². The van der Waals surface area contributed by atoms with Gasteiger partial charge in [-0.05, 0) is 20.8 Å². The lowest BCUT2D eigenvalue weighted by atomic mass is 9.97. The maximum Gasteiger partial charge on any atom is 0.248 e. The van der Waals surface area contributed by atoms with Crippen LogP contribution in [0, 0.1) is 13.8 Å². The molecule has 1 aromatic heterocycles. The summed E-state index contributed by atoms with van der Waals surface area (Å²) in [7, 11) is 0. The average molecular weight is 281 g/mol. The molecule has 0 saturated carbocycles. The first-order chi connectivity index (χ1) is 9.41. The van der Waals surface area contributed by atoms with E-state index in [9.17, 15) is 9.59 Å². The van der Waals surface area contributed by atoms with Crippen LogP contribution in [0.3, 0.4) is 0 Å². The van der Waals surface area contributed by atoms with Crippen LogP contribution in [0.2, 0.25) is 0 Å². The van der Waals surface area contributed by atoms with Gasteiger partial charge in [-0.15, -0.1) is 0 Å². The Morgan fingerprint density at radius 3 is 2.70 bits per heavy atom. The number of aryl methyl sites for hydroxylation is 2. The molecule has 20 heavy (non-hydrogen) atoms. The molecule has 7 heteroatoms. The van der Waals surface area contributed by atoms with Crippen molar-refractivity contribution in [2.75, 3.05) is 19.7 Å². The molecular formula is C13H19N3O4. The van der Waals surface area contributed by atoms with Crippen LogP contribution in [-0.4, -0.2) is 47.7 Å². The second-order valence-corrected chi connectivity index (χ2v) is 5.01. The fourth-order valence-electron chi connectivity index (χ4n) is 2.53. The van der Waals surface area contributed by atoms with Crippen molar-refractivity contribution in [3.8, 4) is 0 Å². The fraction of sp³-hybridized carbons (Fsp3) is 0.615. The first-order valence-electron chi connectivity index (χ1n) is 6.54. The number of rotatable bonds is 3. The Kier molecular flexibility index (Phi) is 4.08. The van der Waals surface area contributed by atoms with Gasteiger partial charge in [0.05, 0.1) is 24.8 Å². The number of hydrogen-bond acceptors (Lipinski definition) is 5. The second-order valence-electron chi connectivity index (χ2n) is 5.01. The van der Waals surface area contributed by atoms with Crippen LogP contribution in [0.1, 0.15) is 29.9 Å².